The molecule has 0 aliphatic heterocycles. The molecule has 5 nitrogen and oxygen atoms in total. The third-order valence-electron chi connectivity index (χ3n) is 3.50. The summed E-state index contributed by atoms with van der Waals surface area (Å²) in [5, 5.41) is 3.17. The van der Waals surface area contributed by atoms with Crippen molar-refractivity contribution in [1.82, 2.24) is 19.5 Å². The first-order valence-electron chi connectivity index (χ1n) is 6.89. The molecule has 0 unspecified atom stereocenters. The second kappa shape index (κ2) is 5.31. The number of anilines is 1. The lowest BCUT2D eigenvalue weighted by Crippen LogP contribution is -2.08. The lowest BCUT2D eigenvalue weighted by Gasteiger charge is -2.14. The Morgan fingerprint density at radius 2 is 2.10 bits per heavy atom. The summed E-state index contributed by atoms with van der Waals surface area (Å²) in [4.78, 5) is 13.7. The molecule has 0 radical (unpaired) electrons. The molecule has 1 N–H and O–H groups in total. The van der Waals surface area contributed by atoms with E-state index < -0.39 is 0 Å². The van der Waals surface area contributed by atoms with E-state index in [1.54, 1.807) is 0 Å². The topological polar surface area (TPSA) is 55.6 Å². The Morgan fingerprint density at radius 3 is 2.70 bits per heavy atom. The molecule has 1 saturated carbocycles. The zero-order chi connectivity index (χ0) is 14.3. The van der Waals surface area contributed by atoms with Gasteiger partial charge in [-0.25, -0.2) is 15.0 Å². The third-order valence-corrected chi connectivity index (χ3v) is 4.56. The van der Waals surface area contributed by atoms with Crippen LogP contribution in [0.2, 0.25) is 0 Å². The van der Waals surface area contributed by atoms with Gasteiger partial charge in [0, 0.05) is 13.1 Å². The normalized spacial score (nSPS) is 14.8. The molecule has 0 spiro atoms. The average Bonchev–Trinajstić information content (AvgIpc) is 3.16. The molecule has 0 amide bonds. The van der Waals surface area contributed by atoms with Gasteiger partial charge in [-0.05, 0) is 41.4 Å². The van der Waals surface area contributed by atoms with Gasteiger partial charge in [-0.1, -0.05) is 13.8 Å². The zero-order valence-corrected chi connectivity index (χ0v) is 14.0. The minimum absolute atomic E-state index is 0.369. The molecule has 106 valence electrons. The monoisotopic (exact) mass is 383 g/mol. The van der Waals surface area contributed by atoms with E-state index in [4.69, 9.17) is 4.98 Å². The molecule has 0 aromatic carbocycles. The molecule has 0 saturated heterocycles. The Bertz CT molecular complexity index is 630. The molecule has 1 aliphatic rings. The van der Waals surface area contributed by atoms with E-state index in [1.807, 2.05) is 19.6 Å². The van der Waals surface area contributed by atoms with Crippen LogP contribution in [0.15, 0.2) is 12.5 Å². The van der Waals surface area contributed by atoms with Crippen molar-refractivity contribution in [3.05, 3.63) is 21.8 Å². The molecular weight excluding hydrogens is 365 g/mol. The predicted octanol–water partition coefficient (Wildman–Crippen LogP) is 3.44. The first-order chi connectivity index (χ1) is 9.61. The van der Waals surface area contributed by atoms with Crippen LogP contribution in [0, 0.1) is 3.57 Å². The Morgan fingerprint density at radius 1 is 1.35 bits per heavy atom. The molecule has 0 bridgehead atoms. The highest BCUT2D eigenvalue weighted by Crippen LogP contribution is 2.38. The van der Waals surface area contributed by atoms with Crippen LogP contribution < -0.4 is 5.32 Å². The Balaban J connectivity index is 2.13. The lowest BCUT2D eigenvalue weighted by molar-refractivity contribution is 0.739. The summed E-state index contributed by atoms with van der Waals surface area (Å²) in [5.41, 5.74) is 2.10. The van der Waals surface area contributed by atoms with E-state index in [0.717, 1.165) is 26.6 Å². The van der Waals surface area contributed by atoms with Gasteiger partial charge in [-0.15, -0.1) is 0 Å². The molecule has 3 rings (SSSR count). The standard InChI is InChI=1S/C14H18IN5/c1-8(2)12-11(15)14(16-3)19-13(18-12)10-6-17-7-20(10)9-4-5-9/h6-9H,4-5H2,1-3H3,(H,16,18,19). The van der Waals surface area contributed by atoms with Crippen LogP contribution in [0.5, 0.6) is 0 Å². The van der Waals surface area contributed by atoms with Crippen molar-refractivity contribution in [2.24, 2.45) is 0 Å². The van der Waals surface area contributed by atoms with Gasteiger partial charge in [0.1, 0.15) is 11.5 Å². The number of hydrogen-bond donors (Lipinski definition) is 1. The maximum Gasteiger partial charge on any atom is 0.180 e. The SMILES string of the molecule is CNc1nc(-c2cncn2C2CC2)nc(C(C)C)c1I. The quantitative estimate of drug-likeness (QED) is 0.822. The van der Waals surface area contributed by atoms with Crippen LogP contribution in [0.25, 0.3) is 11.5 Å². The minimum Gasteiger partial charge on any atom is -0.372 e. The van der Waals surface area contributed by atoms with Crippen molar-refractivity contribution in [3.8, 4) is 11.5 Å². The second-order valence-corrected chi connectivity index (χ2v) is 6.50. The van der Waals surface area contributed by atoms with E-state index in [-0.39, 0.29) is 0 Å². The minimum atomic E-state index is 0.369. The van der Waals surface area contributed by atoms with E-state index in [0.29, 0.717) is 12.0 Å². The second-order valence-electron chi connectivity index (χ2n) is 5.42. The Hall–Kier alpha value is -1.18. The summed E-state index contributed by atoms with van der Waals surface area (Å²) in [6.45, 7) is 4.32. The van der Waals surface area contributed by atoms with Crippen LogP contribution in [0.4, 0.5) is 5.82 Å². The molecule has 2 aromatic rings. The highest BCUT2D eigenvalue weighted by molar-refractivity contribution is 14.1. The zero-order valence-electron chi connectivity index (χ0n) is 11.9. The molecule has 6 heteroatoms. The van der Waals surface area contributed by atoms with E-state index >= 15 is 0 Å². The molecule has 2 heterocycles. The van der Waals surface area contributed by atoms with Gasteiger partial charge in [0.25, 0.3) is 0 Å². The predicted molar refractivity (Wildman–Crippen MR) is 87.9 cm³/mol. The van der Waals surface area contributed by atoms with Crippen LogP contribution in [0.3, 0.4) is 0 Å². The highest BCUT2D eigenvalue weighted by Gasteiger charge is 2.27. The van der Waals surface area contributed by atoms with Gasteiger partial charge in [0.15, 0.2) is 5.82 Å². The first kappa shape index (κ1) is 13.8. The number of nitrogens with zero attached hydrogens (tertiary/aromatic N) is 4. The summed E-state index contributed by atoms with van der Waals surface area (Å²) >= 11 is 2.32. The highest BCUT2D eigenvalue weighted by atomic mass is 127. The molecule has 0 atom stereocenters. The smallest absolute Gasteiger partial charge is 0.180 e. The molecule has 1 fully saturated rings. The van der Waals surface area contributed by atoms with Crippen LogP contribution in [-0.4, -0.2) is 26.6 Å². The van der Waals surface area contributed by atoms with E-state index in [9.17, 15) is 0 Å². The van der Waals surface area contributed by atoms with Crippen molar-refractivity contribution in [2.45, 2.75) is 38.6 Å². The van der Waals surface area contributed by atoms with Crippen molar-refractivity contribution in [2.75, 3.05) is 12.4 Å². The van der Waals surface area contributed by atoms with Crippen LogP contribution >= 0.6 is 22.6 Å². The summed E-state index contributed by atoms with van der Waals surface area (Å²) in [5.74, 6) is 2.03. The molecule has 1 aliphatic carbocycles. The van der Waals surface area contributed by atoms with E-state index in [2.05, 4.69) is 56.3 Å². The van der Waals surface area contributed by atoms with Gasteiger partial charge in [-0.2, -0.15) is 0 Å². The van der Waals surface area contributed by atoms with Crippen molar-refractivity contribution >= 4 is 28.4 Å². The summed E-state index contributed by atoms with van der Waals surface area (Å²) in [6, 6.07) is 0.580. The van der Waals surface area contributed by atoms with Crippen molar-refractivity contribution in [3.63, 3.8) is 0 Å². The van der Waals surface area contributed by atoms with Crippen molar-refractivity contribution < 1.29 is 0 Å². The average molecular weight is 383 g/mol. The van der Waals surface area contributed by atoms with Crippen LogP contribution in [0.1, 0.15) is 44.3 Å². The maximum absolute atomic E-state index is 4.77. The van der Waals surface area contributed by atoms with Crippen LogP contribution in [-0.2, 0) is 0 Å². The fourth-order valence-electron chi connectivity index (χ4n) is 2.25. The van der Waals surface area contributed by atoms with Gasteiger partial charge < -0.3 is 9.88 Å². The van der Waals surface area contributed by atoms with Gasteiger partial charge in [-0.3, -0.25) is 0 Å². The summed E-state index contributed by atoms with van der Waals surface area (Å²) in [6.07, 6.45) is 6.21. The summed E-state index contributed by atoms with van der Waals surface area (Å²) < 4.78 is 3.30. The van der Waals surface area contributed by atoms with Crippen molar-refractivity contribution in [1.29, 1.82) is 0 Å². The fourth-order valence-corrected chi connectivity index (χ4v) is 3.38. The third kappa shape index (κ3) is 2.41. The molecular formula is C14H18IN5. The first-order valence-corrected chi connectivity index (χ1v) is 7.97. The Labute approximate surface area is 132 Å². The maximum atomic E-state index is 4.77. The molecule has 20 heavy (non-hydrogen) atoms. The number of halogens is 1. The Kier molecular flexibility index (Phi) is 3.66. The van der Waals surface area contributed by atoms with Gasteiger partial charge in [0.05, 0.1) is 21.8 Å². The lowest BCUT2D eigenvalue weighted by atomic mass is 10.1. The number of rotatable bonds is 4. The number of imidazole rings is 1. The van der Waals surface area contributed by atoms with Gasteiger partial charge >= 0.3 is 0 Å². The number of nitrogens with one attached hydrogen (secondary N) is 1. The van der Waals surface area contributed by atoms with E-state index in [1.165, 1.54) is 12.8 Å². The fraction of sp³-hybridized carbons (Fsp3) is 0.500. The van der Waals surface area contributed by atoms with Gasteiger partial charge in [0.2, 0.25) is 0 Å². The largest absolute Gasteiger partial charge is 0.372 e. The summed E-state index contributed by atoms with van der Waals surface area (Å²) in [7, 11) is 1.90. The number of aromatic nitrogens is 4. The number of hydrogen-bond acceptors (Lipinski definition) is 4. The molecule has 2 aromatic heterocycles.